The normalized spacial score (nSPS) is 16.9. The van der Waals surface area contributed by atoms with Crippen LogP contribution in [-0.4, -0.2) is 33.7 Å². The Labute approximate surface area is 192 Å². The number of aliphatic imine (C=N–C) groups is 1. The fourth-order valence-corrected chi connectivity index (χ4v) is 3.80. The molecular formula is C26H26N4O3. The van der Waals surface area contributed by atoms with E-state index in [0.717, 1.165) is 34.8 Å². The standard InChI is InChI=1S/C26H26N4O3/c31-24(32)12-5-4-11-22-25(18-8-2-1-3-9-18)30-21-14-13-19(16-23(21)29-22)26(33)28-17-20-10-6-7-15-27-20/h1-3,6-10,13-16,23,29H,4-5,11-12,17H2,(H,28,33)(H,31,32). The number of hydrogen-bond donors (Lipinski definition) is 3. The van der Waals surface area contributed by atoms with Crippen LogP contribution in [0.5, 0.6) is 0 Å². The van der Waals surface area contributed by atoms with Crippen molar-refractivity contribution in [2.24, 2.45) is 4.99 Å². The van der Waals surface area contributed by atoms with Crippen molar-refractivity contribution in [2.45, 2.75) is 38.3 Å². The molecule has 2 aliphatic rings. The molecule has 0 saturated heterocycles. The van der Waals surface area contributed by atoms with E-state index < -0.39 is 5.97 Å². The molecule has 1 aromatic heterocycles. The number of unbranched alkanes of at least 4 members (excludes halogenated alkanes) is 1. The lowest BCUT2D eigenvalue weighted by Gasteiger charge is -2.29. The number of rotatable bonds is 9. The summed E-state index contributed by atoms with van der Waals surface area (Å²) >= 11 is 0. The molecule has 1 atom stereocenters. The molecule has 1 amide bonds. The fraction of sp³-hybridized carbons (Fsp3) is 0.231. The first-order valence-electron chi connectivity index (χ1n) is 11.0. The second kappa shape index (κ2) is 10.5. The van der Waals surface area contributed by atoms with Gasteiger partial charge in [0.1, 0.15) is 0 Å². The van der Waals surface area contributed by atoms with Crippen molar-refractivity contribution < 1.29 is 14.7 Å². The van der Waals surface area contributed by atoms with Crippen LogP contribution >= 0.6 is 0 Å². The van der Waals surface area contributed by atoms with E-state index in [2.05, 4.69) is 15.6 Å². The van der Waals surface area contributed by atoms with Gasteiger partial charge in [0.15, 0.2) is 0 Å². The molecule has 7 heteroatoms. The molecule has 0 saturated carbocycles. The molecule has 0 bridgehead atoms. The van der Waals surface area contributed by atoms with Crippen molar-refractivity contribution in [2.75, 3.05) is 0 Å². The van der Waals surface area contributed by atoms with E-state index in [1.807, 2.05) is 60.7 Å². The van der Waals surface area contributed by atoms with Gasteiger partial charge in [-0.05, 0) is 49.6 Å². The van der Waals surface area contributed by atoms with E-state index in [1.165, 1.54) is 0 Å². The lowest BCUT2D eigenvalue weighted by molar-refractivity contribution is -0.137. The van der Waals surface area contributed by atoms with Crippen molar-refractivity contribution in [1.82, 2.24) is 15.6 Å². The van der Waals surface area contributed by atoms with Gasteiger partial charge in [-0.3, -0.25) is 14.6 Å². The summed E-state index contributed by atoms with van der Waals surface area (Å²) in [4.78, 5) is 32.7. The Morgan fingerprint density at radius 3 is 2.61 bits per heavy atom. The highest BCUT2D eigenvalue weighted by atomic mass is 16.4. The number of nitrogens with one attached hydrogen (secondary N) is 2. The highest BCUT2D eigenvalue weighted by Gasteiger charge is 2.25. The van der Waals surface area contributed by atoms with Gasteiger partial charge in [-0.25, -0.2) is 4.99 Å². The summed E-state index contributed by atoms with van der Waals surface area (Å²) in [6.45, 7) is 0.358. The number of carboxylic acid groups (broad SMARTS) is 1. The summed E-state index contributed by atoms with van der Waals surface area (Å²) in [6, 6.07) is 15.3. The molecule has 3 N–H and O–H groups in total. The van der Waals surface area contributed by atoms with Crippen LogP contribution in [0, 0.1) is 0 Å². The van der Waals surface area contributed by atoms with Gasteiger partial charge < -0.3 is 15.7 Å². The van der Waals surface area contributed by atoms with Crippen LogP contribution in [0.25, 0.3) is 5.70 Å². The molecule has 1 unspecified atom stereocenters. The Morgan fingerprint density at radius 2 is 1.85 bits per heavy atom. The average Bonchev–Trinajstić information content (AvgIpc) is 2.85. The minimum absolute atomic E-state index is 0.148. The Hall–Kier alpha value is -4.00. The van der Waals surface area contributed by atoms with Crippen LogP contribution < -0.4 is 10.6 Å². The van der Waals surface area contributed by atoms with Crippen molar-refractivity contribution in [1.29, 1.82) is 0 Å². The number of allylic oxidation sites excluding steroid dienone is 1. The number of benzene rings is 1. The highest BCUT2D eigenvalue weighted by molar-refractivity contribution is 6.10. The van der Waals surface area contributed by atoms with Gasteiger partial charge >= 0.3 is 5.97 Å². The van der Waals surface area contributed by atoms with Crippen molar-refractivity contribution in [3.05, 3.63) is 95.5 Å². The maximum absolute atomic E-state index is 12.7. The molecule has 1 aliphatic heterocycles. The maximum Gasteiger partial charge on any atom is 0.303 e. The number of nitrogens with zero attached hydrogens (tertiary/aromatic N) is 2. The zero-order valence-corrected chi connectivity index (χ0v) is 18.2. The van der Waals surface area contributed by atoms with E-state index in [1.54, 1.807) is 12.3 Å². The van der Waals surface area contributed by atoms with Gasteiger partial charge in [0.05, 0.1) is 29.7 Å². The van der Waals surface area contributed by atoms with Crippen LogP contribution in [0.15, 0.2) is 89.2 Å². The maximum atomic E-state index is 12.7. The third-order valence-electron chi connectivity index (χ3n) is 5.49. The smallest absolute Gasteiger partial charge is 0.303 e. The molecule has 2 aromatic rings. The quantitative estimate of drug-likeness (QED) is 0.515. The summed E-state index contributed by atoms with van der Waals surface area (Å²) in [5, 5.41) is 15.4. The zero-order chi connectivity index (χ0) is 23.0. The van der Waals surface area contributed by atoms with Crippen molar-refractivity contribution in [3.63, 3.8) is 0 Å². The molecule has 4 rings (SSSR count). The minimum atomic E-state index is -0.786. The van der Waals surface area contributed by atoms with Gasteiger partial charge in [-0.15, -0.1) is 0 Å². The van der Waals surface area contributed by atoms with Crippen LogP contribution in [0.4, 0.5) is 0 Å². The van der Waals surface area contributed by atoms with Gasteiger partial charge in [0.25, 0.3) is 5.91 Å². The largest absolute Gasteiger partial charge is 0.481 e. The predicted octanol–water partition coefficient (Wildman–Crippen LogP) is 3.62. The third-order valence-corrected chi connectivity index (χ3v) is 5.49. The average molecular weight is 443 g/mol. The topological polar surface area (TPSA) is 104 Å². The first kappa shape index (κ1) is 22.2. The number of pyridine rings is 1. The van der Waals surface area contributed by atoms with Gasteiger partial charge in [0, 0.05) is 29.5 Å². The fourth-order valence-electron chi connectivity index (χ4n) is 3.80. The first-order valence-corrected chi connectivity index (χ1v) is 11.0. The number of carbonyl (C=O) groups excluding carboxylic acids is 1. The first-order chi connectivity index (χ1) is 16.1. The predicted molar refractivity (Wildman–Crippen MR) is 127 cm³/mol. The Morgan fingerprint density at radius 1 is 1.03 bits per heavy atom. The summed E-state index contributed by atoms with van der Waals surface area (Å²) in [5.74, 6) is -0.954. The molecule has 33 heavy (non-hydrogen) atoms. The van der Waals surface area contributed by atoms with Gasteiger partial charge in [-0.2, -0.15) is 0 Å². The summed E-state index contributed by atoms with van der Waals surface area (Å²) < 4.78 is 0. The lowest BCUT2D eigenvalue weighted by Crippen LogP contribution is -2.40. The summed E-state index contributed by atoms with van der Waals surface area (Å²) in [7, 11) is 0. The minimum Gasteiger partial charge on any atom is -0.481 e. The molecule has 1 aliphatic carbocycles. The van der Waals surface area contributed by atoms with E-state index in [-0.39, 0.29) is 18.4 Å². The molecule has 0 fully saturated rings. The number of aromatic nitrogens is 1. The van der Waals surface area contributed by atoms with E-state index in [9.17, 15) is 9.59 Å². The highest BCUT2D eigenvalue weighted by Crippen LogP contribution is 2.28. The van der Waals surface area contributed by atoms with Gasteiger partial charge in [-0.1, -0.05) is 36.4 Å². The molecule has 1 aromatic carbocycles. The molecular weight excluding hydrogens is 416 g/mol. The van der Waals surface area contributed by atoms with E-state index in [0.29, 0.717) is 25.0 Å². The monoisotopic (exact) mass is 442 g/mol. The number of fused-ring (bicyclic) bond motifs is 1. The second-order valence-electron chi connectivity index (χ2n) is 7.91. The van der Waals surface area contributed by atoms with Gasteiger partial charge in [0.2, 0.25) is 0 Å². The summed E-state index contributed by atoms with van der Waals surface area (Å²) in [5.41, 5.74) is 5.02. The second-order valence-corrected chi connectivity index (χ2v) is 7.91. The Kier molecular flexibility index (Phi) is 7.09. The van der Waals surface area contributed by atoms with Crippen LogP contribution in [-0.2, 0) is 16.1 Å². The SMILES string of the molecule is O=C(O)CCCCC1=C(c2ccccc2)N=C2C=CC(C(=O)NCc3ccccn3)=CC2N1. The summed E-state index contributed by atoms with van der Waals surface area (Å²) in [6.07, 6.45) is 9.40. The Balaban J connectivity index is 1.49. The van der Waals surface area contributed by atoms with Crippen LogP contribution in [0.3, 0.4) is 0 Å². The van der Waals surface area contributed by atoms with Crippen LogP contribution in [0.2, 0.25) is 0 Å². The zero-order valence-electron chi connectivity index (χ0n) is 18.2. The number of hydrogen-bond acceptors (Lipinski definition) is 5. The molecule has 168 valence electrons. The van der Waals surface area contributed by atoms with E-state index in [4.69, 9.17) is 10.1 Å². The Bertz CT molecular complexity index is 1130. The number of amides is 1. The molecule has 0 radical (unpaired) electrons. The molecule has 0 spiro atoms. The van der Waals surface area contributed by atoms with Crippen LogP contribution in [0.1, 0.15) is 36.9 Å². The van der Waals surface area contributed by atoms with Crippen molar-refractivity contribution in [3.8, 4) is 0 Å². The third kappa shape index (κ3) is 5.83. The number of aliphatic carboxylic acids is 1. The van der Waals surface area contributed by atoms with E-state index >= 15 is 0 Å². The molecule has 2 heterocycles. The number of carboxylic acids is 1. The number of carbonyl (C=O) groups is 2. The van der Waals surface area contributed by atoms with Crippen molar-refractivity contribution >= 4 is 23.3 Å². The molecule has 7 nitrogen and oxygen atoms in total. The lowest BCUT2D eigenvalue weighted by atomic mass is 9.95.